The van der Waals surface area contributed by atoms with Gasteiger partial charge in [0.15, 0.2) is 18.1 Å². The van der Waals surface area contributed by atoms with Gasteiger partial charge in [0.05, 0.1) is 7.11 Å². The average molecular weight is 293 g/mol. The highest BCUT2D eigenvalue weighted by molar-refractivity contribution is 5.78. The molecule has 1 aromatic rings. The smallest absolute Gasteiger partial charge is 0.260 e. The van der Waals surface area contributed by atoms with E-state index in [9.17, 15) is 4.79 Å². The van der Waals surface area contributed by atoms with E-state index in [0.717, 1.165) is 32.2 Å². The van der Waals surface area contributed by atoms with Crippen molar-refractivity contribution in [2.75, 3.05) is 26.9 Å². The van der Waals surface area contributed by atoms with E-state index in [1.165, 1.54) is 0 Å². The lowest BCUT2D eigenvalue weighted by molar-refractivity contribution is -0.134. The van der Waals surface area contributed by atoms with E-state index < -0.39 is 0 Å². The van der Waals surface area contributed by atoms with Crippen LogP contribution in [0, 0.1) is 0 Å². The normalized spacial score (nSPS) is 17.8. The number of methoxy groups -OCH3 is 1. The van der Waals surface area contributed by atoms with Crippen molar-refractivity contribution in [1.82, 2.24) is 4.90 Å². The second-order valence-corrected chi connectivity index (χ2v) is 5.19. The molecule has 1 aliphatic rings. The molecule has 0 radical (unpaired) electrons. The molecule has 1 fully saturated rings. The van der Waals surface area contributed by atoms with Gasteiger partial charge in [0.2, 0.25) is 0 Å². The van der Waals surface area contributed by atoms with Gasteiger partial charge in [-0.1, -0.05) is 12.1 Å². The molecule has 1 atom stereocenters. The second kappa shape index (κ2) is 7.88. The number of rotatable bonds is 7. The molecule has 1 aliphatic heterocycles. The number of carbonyl (C=O) groups excluding carboxylic acids is 1. The average Bonchev–Trinajstić information content (AvgIpc) is 2.99. The number of amides is 1. The molecule has 116 valence electrons. The molecule has 0 bridgehead atoms. The molecular formula is C16H23NO4. The molecule has 1 unspecified atom stereocenters. The standard InChI is InChI=1S/C16H23NO4/c1-20-14-8-2-3-9-15(14)21-12-16(19)17-10-4-6-13(17)7-5-11-18/h2-3,8-9,13,18H,4-7,10-12H2,1H3. The van der Waals surface area contributed by atoms with Crippen LogP contribution in [-0.2, 0) is 4.79 Å². The Hall–Kier alpha value is -1.75. The van der Waals surface area contributed by atoms with Gasteiger partial charge in [0.1, 0.15) is 0 Å². The summed E-state index contributed by atoms with van der Waals surface area (Å²) in [5.74, 6) is 1.21. The molecule has 0 saturated carbocycles. The van der Waals surface area contributed by atoms with Gasteiger partial charge in [-0.25, -0.2) is 0 Å². The third-order valence-electron chi connectivity index (χ3n) is 3.81. The van der Waals surface area contributed by atoms with Crippen LogP contribution in [0.2, 0.25) is 0 Å². The topological polar surface area (TPSA) is 59.0 Å². The van der Waals surface area contributed by atoms with E-state index >= 15 is 0 Å². The number of hydrogen-bond donors (Lipinski definition) is 1. The number of nitrogens with zero attached hydrogens (tertiary/aromatic N) is 1. The van der Waals surface area contributed by atoms with Gasteiger partial charge in [-0.05, 0) is 37.8 Å². The van der Waals surface area contributed by atoms with Crippen molar-refractivity contribution in [1.29, 1.82) is 0 Å². The molecule has 0 aliphatic carbocycles. The molecule has 0 aromatic heterocycles. The third-order valence-corrected chi connectivity index (χ3v) is 3.81. The second-order valence-electron chi connectivity index (χ2n) is 5.19. The summed E-state index contributed by atoms with van der Waals surface area (Å²) < 4.78 is 10.8. The lowest BCUT2D eigenvalue weighted by Gasteiger charge is -2.24. The Bertz CT molecular complexity index is 463. The Balaban J connectivity index is 1.89. The number of hydrogen-bond acceptors (Lipinski definition) is 4. The van der Waals surface area contributed by atoms with Gasteiger partial charge in [-0.3, -0.25) is 4.79 Å². The minimum absolute atomic E-state index is 0.00125. The summed E-state index contributed by atoms with van der Waals surface area (Å²) in [6.45, 7) is 0.983. The first kappa shape index (κ1) is 15.6. The van der Waals surface area contributed by atoms with Crippen LogP contribution in [0.4, 0.5) is 0 Å². The minimum Gasteiger partial charge on any atom is -0.493 e. The van der Waals surface area contributed by atoms with Crippen molar-refractivity contribution in [2.24, 2.45) is 0 Å². The number of benzene rings is 1. The first-order chi connectivity index (χ1) is 10.3. The van der Waals surface area contributed by atoms with E-state index in [4.69, 9.17) is 14.6 Å². The number of likely N-dealkylation sites (tertiary alicyclic amines) is 1. The van der Waals surface area contributed by atoms with Gasteiger partial charge in [-0.15, -0.1) is 0 Å². The lowest BCUT2D eigenvalue weighted by Crippen LogP contribution is -2.38. The van der Waals surface area contributed by atoms with Gasteiger partial charge in [0.25, 0.3) is 5.91 Å². The highest BCUT2D eigenvalue weighted by Gasteiger charge is 2.28. The molecule has 5 heteroatoms. The van der Waals surface area contributed by atoms with Crippen LogP contribution in [0.1, 0.15) is 25.7 Å². The molecule has 1 N–H and O–H groups in total. The fourth-order valence-corrected chi connectivity index (χ4v) is 2.75. The summed E-state index contributed by atoms with van der Waals surface area (Å²) >= 11 is 0. The predicted molar refractivity (Wildman–Crippen MR) is 79.5 cm³/mol. The first-order valence-electron chi connectivity index (χ1n) is 7.42. The molecule has 21 heavy (non-hydrogen) atoms. The lowest BCUT2D eigenvalue weighted by atomic mass is 10.1. The van der Waals surface area contributed by atoms with Crippen molar-refractivity contribution in [3.05, 3.63) is 24.3 Å². The Morgan fingerprint density at radius 3 is 2.86 bits per heavy atom. The Morgan fingerprint density at radius 1 is 1.38 bits per heavy atom. The Kier molecular flexibility index (Phi) is 5.87. The van der Waals surface area contributed by atoms with Crippen molar-refractivity contribution < 1.29 is 19.4 Å². The van der Waals surface area contributed by atoms with Crippen molar-refractivity contribution in [3.63, 3.8) is 0 Å². The van der Waals surface area contributed by atoms with E-state index in [0.29, 0.717) is 11.5 Å². The highest BCUT2D eigenvalue weighted by Crippen LogP contribution is 2.26. The Morgan fingerprint density at radius 2 is 2.14 bits per heavy atom. The maximum absolute atomic E-state index is 12.3. The maximum atomic E-state index is 12.3. The number of carbonyl (C=O) groups is 1. The summed E-state index contributed by atoms with van der Waals surface area (Å²) in [7, 11) is 1.58. The van der Waals surface area contributed by atoms with Gasteiger partial charge >= 0.3 is 0 Å². The molecule has 1 aromatic carbocycles. The molecule has 1 saturated heterocycles. The minimum atomic E-state index is 0.00125. The molecule has 1 heterocycles. The summed E-state index contributed by atoms with van der Waals surface area (Å²) in [6, 6.07) is 7.55. The maximum Gasteiger partial charge on any atom is 0.260 e. The van der Waals surface area contributed by atoms with Crippen LogP contribution in [0.3, 0.4) is 0 Å². The zero-order valence-electron chi connectivity index (χ0n) is 12.5. The fourth-order valence-electron chi connectivity index (χ4n) is 2.75. The highest BCUT2D eigenvalue weighted by atomic mass is 16.5. The van der Waals surface area contributed by atoms with Crippen LogP contribution < -0.4 is 9.47 Å². The largest absolute Gasteiger partial charge is 0.493 e. The monoisotopic (exact) mass is 293 g/mol. The predicted octanol–water partition coefficient (Wildman–Crippen LogP) is 1.84. The van der Waals surface area contributed by atoms with Crippen LogP contribution in [-0.4, -0.2) is 48.8 Å². The Labute approximate surface area is 125 Å². The van der Waals surface area contributed by atoms with Crippen LogP contribution in [0.25, 0.3) is 0 Å². The summed E-state index contributed by atoms with van der Waals surface area (Å²) in [5, 5.41) is 8.92. The summed E-state index contributed by atoms with van der Waals surface area (Å²) in [4.78, 5) is 14.2. The summed E-state index contributed by atoms with van der Waals surface area (Å²) in [6.07, 6.45) is 3.63. The molecule has 2 rings (SSSR count). The van der Waals surface area contributed by atoms with E-state index in [1.807, 2.05) is 17.0 Å². The number of ether oxygens (including phenoxy) is 2. The van der Waals surface area contributed by atoms with Crippen molar-refractivity contribution >= 4 is 5.91 Å². The van der Waals surface area contributed by atoms with Gasteiger partial charge < -0.3 is 19.5 Å². The van der Waals surface area contributed by atoms with Crippen LogP contribution in [0.15, 0.2) is 24.3 Å². The molecular weight excluding hydrogens is 270 g/mol. The summed E-state index contributed by atoms with van der Waals surface area (Å²) in [5.41, 5.74) is 0. The SMILES string of the molecule is COc1ccccc1OCC(=O)N1CCCC1CCCO. The van der Waals surface area contributed by atoms with E-state index in [-0.39, 0.29) is 25.2 Å². The quantitative estimate of drug-likeness (QED) is 0.833. The zero-order chi connectivity index (χ0) is 15.1. The van der Waals surface area contributed by atoms with Crippen LogP contribution in [0.5, 0.6) is 11.5 Å². The van der Waals surface area contributed by atoms with E-state index in [2.05, 4.69) is 0 Å². The molecule has 5 nitrogen and oxygen atoms in total. The van der Waals surface area contributed by atoms with Crippen molar-refractivity contribution in [2.45, 2.75) is 31.7 Å². The zero-order valence-corrected chi connectivity index (χ0v) is 12.5. The van der Waals surface area contributed by atoms with E-state index in [1.54, 1.807) is 19.2 Å². The van der Waals surface area contributed by atoms with Crippen LogP contribution >= 0.6 is 0 Å². The number of aliphatic hydroxyl groups excluding tert-OH is 1. The molecule has 0 spiro atoms. The van der Waals surface area contributed by atoms with Gasteiger partial charge in [-0.2, -0.15) is 0 Å². The van der Waals surface area contributed by atoms with Gasteiger partial charge in [0, 0.05) is 19.2 Å². The number of para-hydroxylation sites is 2. The first-order valence-corrected chi connectivity index (χ1v) is 7.42. The fraction of sp³-hybridized carbons (Fsp3) is 0.562. The number of aliphatic hydroxyl groups is 1. The van der Waals surface area contributed by atoms with Crippen molar-refractivity contribution in [3.8, 4) is 11.5 Å². The molecule has 1 amide bonds. The third kappa shape index (κ3) is 4.11.